The van der Waals surface area contributed by atoms with Crippen molar-refractivity contribution in [1.82, 2.24) is 4.90 Å². The Labute approximate surface area is 107 Å². The van der Waals surface area contributed by atoms with Gasteiger partial charge in [0.05, 0.1) is 0 Å². The van der Waals surface area contributed by atoms with E-state index in [-0.39, 0.29) is 5.54 Å². The van der Waals surface area contributed by atoms with Gasteiger partial charge in [-0.1, -0.05) is 13.8 Å². The van der Waals surface area contributed by atoms with Crippen molar-refractivity contribution < 1.29 is 4.74 Å². The first-order valence-corrected chi connectivity index (χ1v) is 6.96. The van der Waals surface area contributed by atoms with Crippen molar-refractivity contribution in [3.05, 3.63) is 0 Å². The number of rotatable bonds is 6. The number of likely N-dealkylation sites (N-methyl/N-ethyl adjacent to an activating group) is 1. The van der Waals surface area contributed by atoms with E-state index in [2.05, 4.69) is 25.8 Å². The average Bonchev–Trinajstić information content (AvgIpc) is 2.33. The van der Waals surface area contributed by atoms with Gasteiger partial charge in [-0.25, -0.2) is 0 Å². The molecule has 0 aromatic heterocycles. The van der Waals surface area contributed by atoms with Crippen LogP contribution in [0, 0.1) is 11.8 Å². The molecule has 3 heteroatoms. The normalized spacial score (nSPS) is 34.2. The fourth-order valence-electron chi connectivity index (χ4n) is 3.05. The number of nitrogens with zero attached hydrogens (tertiary/aromatic N) is 1. The van der Waals surface area contributed by atoms with Crippen LogP contribution in [0.15, 0.2) is 0 Å². The summed E-state index contributed by atoms with van der Waals surface area (Å²) in [6.07, 6.45) is 4.90. The third-order valence-corrected chi connectivity index (χ3v) is 4.77. The molecule has 0 amide bonds. The maximum atomic E-state index is 6.08. The first-order valence-electron chi connectivity index (χ1n) is 6.96. The van der Waals surface area contributed by atoms with Crippen LogP contribution in [0.2, 0.25) is 0 Å². The molecule has 1 fully saturated rings. The minimum Gasteiger partial charge on any atom is -0.385 e. The van der Waals surface area contributed by atoms with Crippen LogP contribution in [0.3, 0.4) is 0 Å². The van der Waals surface area contributed by atoms with Crippen LogP contribution in [0.4, 0.5) is 0 Å². The van der Waals surface area contributed by atoms with E-state index < -0.39 is 0 Å². The maximum absolute atomic E-state index is 6.08. The number of hydrogen-bond donors (Lipinski definition) is 1. The molecule has 17 heavy (non-hydrogen) atoms. The van der Waals surface area contributed by atoms with Gasteiger partial charge in [-0.15, -0.1) is 0 Å². The van der Waals surface area contributed by atoms with Crippen molar-refractivity contribution in [2.75, 3.05) is 33.9 Å². The Morgan fingerprint density at radius 2 is 2.06 bits per heavy atom. The van der Waals surface area contributed by atoms with Gasteiger partial charge in [-0.2, -0.15) is 0 Å². The number of nitrogens with two attached hydrogens (primary N) is 1. The lowest BCUT2D eigenvalue weighted by Gasteiger charge is -2.48. The fraction of sp³-hybridized carbons (Fsp3) is 1.00. The first-order chi connectivity index (χ1) is 8.05. The highest BCUT2D eigenvalue weighted by Crippen LogP contribution is 2.38. The molecule has 1 aliphatic carbocycles. The van der Waals surface area contributed by atoms with Crippen molar-refractivity contribution in [2.45, 2.75) is 45.1 Å². The zero-order chi connectivity index (χ0) is 12.9. The van der Waals surface area contributed by atoms with Gasteiger partial charge >= 0.3 is 0 Å². The highest BCUT2D eigenvalue weighted by molar-refractivity contribution is 4.96. The van der Waals surface area contributed by atoms with E-state index >= 15 is 0 Å². The minimum absolute atomic E-state index is 0.236. The second-order valence-corrected chi connectivity index (χ2v) is 5.89. The Balaban J connectivity index is 2.55. The van der Waals surface area contributed by atoms with E-state index in [1.54, 1.807) is 7.11 Å². The summed E-state index contributed by atoms with van der Waals surface area (Å²) < 4.78 is 5.13. The Hall–Kier alpha value is -0.120. The number of hydrogen-bond acceptors (Lipinski definition) is 3. The van der Waals surface area contributed by atoms with E-state index in [9.17, 15) is 0 Å². The van der Waals surface area contributed by atoms with E-state index in [0.29, 0.717) is 0 Å². The molecular formula is C14H30N2O. The lowest BCUT2D eigenvalue weighted by molar-refractivity contribution is 0.0347. The molecule has 102 valence electrons. The molecular weight excluding hydrogens is 212 g/mol. The molecule has 1 saturated carbocycles. The summed E-state index contributed by atoms with van der Waals surface area (Å²) in [6.45, 7) is 7.46. The van der Waals surface area contributed by atoms with Gasteiger partial charge in [0, 0.05) is 32.3 Å². The van der Waals surface area contributed by atoms with Crippen molar-refractivity contribution in [3.63, 3.8) is 0 Å². The zero-order valence-corrected chi connectivity index (χ0v) is 12.0. The van der Waals surface area contributed by atoms with E-state index in [4.69, 9.17) is 10.5 Å². The van der Waals surface area contributed by atoms with Crippen LogP contribution in [0.5, 0.6) is 0 Å². The second kappa shape index (κ2) is 6.72. The van der Waals surface area contributed by atoms with Crippen molar-refractivity contribution >= 4 is 0 Å². The molecule has 2 N–H and O–H groups in total. The van der Waals surface area contributed by atoms with Gasteiger partial charge < -0.3 is 10.5 Å². The molecule has 3 nitrogen and oxygen atoms in total. The standard InChI is InChI=1S/C14H30N2O/c1-12-6-7-14(11-15,10-13(12)2)16(3)8-5-9-17-4/h12-13H,5-11,15H2,1-4H3. The van der Waals surface area contributed by atoms with Crippen molar-refractivity contribution in [3.8, 4) is 0 Å². The van der Waals surface area contributed by atoms with Crippen LogP contribution < -0.4 is 5.73 Å². The molecule has 0 heterocycles. The van der Waals surface area contributed by atoms with Gasteiger partial charge in [-0.3, -0.25) is 4.90 Å². The topological polar surface area (TPSA) is 38.5 Å². The highest BCUT2D eigenvalue weighted by atomic mass is 16.5. The van der Waals surface area contributed by atoms with Gasteiger partial charge in [0.25, 0.3) is 0 Å². The summed E-state index contributed by atoms with van der Waals surface area (Å²) in [5.74, 6) is 1.64. The van der Waals surface area contributed by atoms with Crippen LogP contribution in [-0.2, 0) is 4.74 Å². The predicted octanol–water partition coefficient (Wildman–Crippen LogP) is 2.11. The van der Waals surface area contributed by atoms with E-state index in [1.807, 2.05) is 0 Å². The van der Waals surface area contributed by atoms with Crippen LogP contribution in [0.1, 0.15) is 39.5 Å². The summed E-state index contributed by atoms with van der Waals surface area (Å²) in [6, 6.07) is 0. The maximum Gasteiger partial charge on any atom is 0.0474 e. The summed E-state index contributed by atoms with van der Waals surface area (Å²) in [4.78, 5) is 2.48. The smallest absolute Gasteiger partial charge is 0.0474 e. The Morgan fingerprint density at radius 1 is 1.35 bits per heavy atom. The Morgan fingerprint density at radius 3 is 2.59 bits per heavy atom. The monoisotopic (exact) mass is 242 g/mol. The summed E-state index contributed by atoms with van der Waals surface area (Å²) in [5.41, 5.74) is 6.31. The quantitative estimate of drug-likeness (QED) is 0.725. The van der Waals surface area contributed by atoms with Gasteiger partial charge in [-0.05, 0) is 44.6 Å². The third kappa shape index (κ3) is 3.67. The number of methoxy groups -OCH3 is 1. The summed E-state index contributed by atoms with van der Waals surface area (Å²) >= 11 is 0. The third-order valence-electron chi connectivity index (χ3n) is 4.77. The SMILES string of the molecule is COCCCN(C)C1(CN)CCC(C)C(C)C1. The van der Waals surface area contributed by atoms with Crippen LogP contribution in [0.25, 0.3) is 0 Å². The summed E-state index contributed by atoms with van der Waals surface area (Å²) in [7, 11) is 3.99. The molecule has 0 aromatic carbocycles. The molecule has 3 unspecified atom stereocenters. The lowest BCUT2D eigenvalue weighted by atomic mass is 9.70. The Kier molecular flexibility index (Phi) is 5.90. The number of ether oxygens (including phenoxy) is 1. The van der Waals surface area contributed by atoms with Crippen molar-refractivity contribution in [2.24, 2.45) is 17.6 Å². The van der Waals surface area contributed by atoms with Gasteiger partial charge in [0.2, 0.25) is 0 Å². The predicted molar refractivity (Wildman–Crippen MR) is 73.1 cm³/mol. The van der Waals surface area contributed by atoms with E-state index in [0.717, 1.165) is 38.0 Å². The van der Waals surface area contributed by atoms with E-state index in [1.165, 1.54) is 19.3 Å². The summed E-state index contributed by atoms with van der Waals surface area (Å²) in [5, 5.41) is 0. The molecule has 0 saturated heterocycles. The fourth-order valence-corrected chi connectivity index (χ4v) is 3.05. The lowest BCUT2D eigenvalue weighted by Crippen LogP contribution is -2.55. The second-order valence-electron chi connectivity index (χ2n) is 5.89. The zero-order valence-electron chi connectivity index (χ0n) is 12.0. The molecule has 0 aliphatic heterocycles. The largest absolute Gasteiger partial charge is 0.385 e. The molecule has 0 radical (unpaired) electrons. The molecule has 0 spiro atoms. The van der Waals surface area contributed by atoms with Crippen molar-refractivity contribution in [1.29, 1.82) is 0 Å². The van der Waals surface area contributed by atoms with Gasteiger partial charge in [0.15, 0.2) is 0 Å². The molecule has 1 rings (SSSR count). The average molecular weight is 242 g/mol. The molecule has 1 aliphatic rings. The molecule has 3 atom stereocenters. The van der Waals surface area contributed by atoms with Crippen LogP contribution in [-0.4, -0.2) is 44.3 Å². The Bertz CT molecular complexity index is 222. The minimum atomic E-state index is 0.236. The molecule has 0 bridgehead atoms. The highest BCUT2D eigenvalue weighted by Gasteiger charge is 2.39. The first kappa shape index (κ1) is 14.9. The van der Waals surface area contributed by atoms with Gasteiger partial charge in [0.1, 0.15) is 0 Å². The molecule has 0 aromatic rings. The van der Waals surface area contributed by atoms with Crippen LogP contribution >= 0.6 is 0 Å².